The third-order valence-corrected chi connectivity index (χ3v) is 4.12. The average molecular weight is 269 g/mol. The van der Waals surface area contributed by atoms with Crippen LogP contribution in [0.1, 0.15) is 16.1 Å². The molecule has 0 aliphatic carbocycles. The summed E-state index contributed by atoms with van der Waals surface area (Å²) in [5.41, 5.74) is 0. The third kappa shape index (κ3) is 3.62. The minimum absolute atomic E-state index is 0.133. The van der Waals surface area contributed by atoms with Gasteiger partial charge in [-0.3, -0.25) is 4.79 Å². The molecule has 1 unspecified atom stereocenters. The topological polar surface area (TPSA) is 53.0 Å². The summed E-state index contributed by atoms with van der Waals surface area (Å²) in [5.74, 6) is -1.85. The standard InChI is InChI=1S/C8H6F3NO2S2/c9-6(7(10)11)1-2-16(14)8-12-3-5(4-13)15-8/h3-4H,1-2H2. The Labute approximate surface area is 96.2 Å². The number of nitrogens with zero attached hydrogens (tertiary/aromatic N) is 1. The lowest BCUT2D eigenvalue weighted by atomic mass is 10.4. The van der Waals surface area contributed by atoms with Crippen LogP contribution in [0.5, 0.6) is 0 Å². The maximum Gasteiger partial charge on any atom is 0.302 e. The molecule has 1 rings (SSSR count). The molecule has 0 saturated heterocycles. The Morgan fingerprint density at radius 3 is 2.75 bits per heavy atom. The van der Waals surface area contributed by atoms with Crippen molar-refractivity contribution in [3.05, 3.63) is 23.0 Å². The normalized spacial score (nSPS) is 12.2. The first-order chi connectivity index (χ1) is 7.54. The van der Waals surface area contributed by atoms with E-state index in [2.05, 4.69) is 4.98 Å². The van der Waals surface area contributed by atoms with Crippen LogP contribution in [0.4, 0.5) is 13.2 Å². The van der Waals surface area contributed by atoms with Gasteiger partial charge in [0.2, 0.25) is 0 Å². The Morgan fingerprint density at radius 1 is 1.56 bits per heavy atom. The molecule has 1 atom stereocenters. The first-order valence-electron chi connectivity index (χ1n) is 4.03. The number of aldehydes is 1. The SMILES string of the molecule is O=Cc1cnc([S+]([O-])CCC(F)=C(F)F)s1. The second-order valence-electron chi connectivity index (χ2n) is 2.61. The van der Waals surface area contributed by atoms with Crippen LogP contribution in [0.25, 0.3) is 0 Å². The number of halogens is 3. The molecule has 3 nitrogen and oxygen atoms in total. The summed E-state index contributed by atoms with van der Waals surface area (Å²) in [6, 6.07) is 0. The minimum Gasteiger partial charge on any atom is -0.610 e. The zero-order valence-electron chi connectivity index (χ0n) is 7.78. The van der Waals surface area contributed by atoms with Gasteiger partial charge in [0, 0.05) is 11.2 Å². The Bertz CT molecular complexity index is 404. The summed E-state index contributed by atoms with van der Waals surface area (Å²) in [7, 11) is 0. The van der Waals surface area contributed by atoms with Crippen LogP contribution in [0.2, 0.25) is 0 Å². The Morgan fingerprint density at radius 2 is 2.25 bits per heavy atom. The van der Waals surface area contributed by atoms with Gasteiger partial charge in [-0.25, -0.2) is 4.39 Å². The molecule has 0 N–H and O–H groups in total. The number of carbonyl (C=O) groups excluding carboxylic acids is 1. The molecule has 0 aliphatic rings. The lowest BCUT2D eigenvalue weighted by molar-refractivity contribution is 0.112. The van der Waals surface area contributed by atoms with E-state index in [9.17, 15) is 22.5 Å². The highest BCUT2D eigenvalue weighted by Crippen LogP contribution is 2.21. The van der Waals surface area contributed by atoms with Gasteiger partial charge >= 0.3 is 10.4 Å². The van der Waals surface area contributed by atoms with E-state index >= 15 is 0 Å². The smallest absolute Gasteiger partial charge is 0.302 e. The molecule has 0 radical (unpaired) electrons. The summed E-state index contributed by atoms with van der Waals surface area (Å²) in [4.78, 5) is 14.3. The molecule has 0 fully saturated rings. The summed E-state index contributed by atoms with van der Waals surface area (Å²) < 4.78 is 47.3. The molecule has 88 valence electrons. The molecular formula is C8H6F3NO2S2. The van der Waals surface area contributed by atoms with Crippen molar-refractivity contribution in [2.45, 2.75) is 10.8 Å². The quantitative estimate of drug-likeness (QED) is 0.609. The van der Waals surface area contributed by atoms with Gasteiger partial charge in [0.05, 0.1) is 17.5 Å². The zero-order chi connectivity index (χ0) is 12.1. The van der Waals surface area contributed by atoms with Crippen LogP contribution >= 0.6 is 11.3 Å². The van der Waals surface area contributed by atoms with Crippen LogP contribution in [0.15, 0.2) is 22.4 Å². The van der Waals surface area contributed by atoms with Crippen molar-refractivity contribution in [3.8, 4) is 0 Å². The van der Waals surface area contributed by atoms with E-state index in [0.29, 0.717) is 6.29 Å². The van der Waals surface area contributed by atoms with Gasteiger partial charge in [-0.05, 0) is 0 Å². The first-order valence-corrected chi connectivity index (χ1v) is 6.17. The number of allylic oxidation sites excluding steroid dienone is 1. The highest BCUT2D eigenvalue weighted by Gasteiger charge is 2.18. The van der Waals surface area contributed by atoms with Crippen LogP contribution in [-0.4, -0.2) is 21.6 Å². The Balaban J connectivity index is 2.56. The Hall–Kier alpha value is -0.860. The van der Waals surface area contributed by atoms with E-state index in [1.807, 2.05) is 0 Å². The molecule has 16 heavy (non-hydrogen) atoms. The molecule has 0 aromatic carbocycles. The predicted octanol–water partition coefficient (Wildman–Crippen LogP) is 2.53. The number of aromatic nitrogens is 1. The number of hydrogen-bond acceptors (Lipinski definition) is 4. The van der Waals surface area contributed by atoms with E-state index in [0.717, 1.165) is 11.3 Å². The summed E-state index contributed by atoms with van der Waals surface area (Å²) >= 11 is -0.765. The number of carbonyl (C=O) groups is 1. The molecule has 8 heteroatoms. The summed E-state index contributed by atoms with van der Waals surface area (Å²) in [5, 5.41) is 0. The van der Waals surface area contributed by atoms with Crippen molar-refractivity contribution < 1.29 is 22.5 Å². The number of thiazole rings is 1. The van der Waals surface area contributed by atoms with Gasteiger partial charge < -0.3 is 4.55 Å². The molecule has 0 spiro atoms. The predicted molar refractivity (Wildman–Crippen MR) is 53.7 cm³/mol. The maximum atomic E-state index is 12.4. The fraction of sp³-hybridized carbons (Fsp3) is 0.250. The van der Waals surface area contributed by atoms with Gasteiger partial charge in [0.25, 0.3) is 0 Å². The average Bonchev–Trinajstić information content (AvgIpc) is 2.73. The van der Waals surface area contributed by atoms with Crippen LogP contribution < -0.4 is 0 Å². The van der Waals surface area contributed by atoms with Crippen LogP contribution in [0, 0.1) is 0 Å². The van der Waals surface area contributed by atoms with Crippen LogP contribution in [0.3, 0.4) is 0 Å². The maximum absolute atomic E-state index is 12.4. The second-order valence-corrected chi connectivity index (χ2v) is 5.42. The van der Waals surface area contributed by atoms with E-state index < -0.39 is 29.5 Å². The summed E-state index contributed by atoms with van der Waals surface area (Å²) in [6.07, 6.45) is -1.23. The van der Waals surface area contributed by atoms with E-state index in [1.54, 1.807) is 0 Å². The molecule has 1 aromatic heterocycles. The van der Waals surface area contributed by atoms with Gasteiger partial charge in [-0.1, -0.05) is 11.3 Å². The van der Waals surface area contributed by atoms with Crippen molar-refractivity contribution >= 4 is 28.8 Å². The van der Waals surface area contributed by atoms with Crippen molar-refractivity contribution in [2.75, 3.05) is 5.75 Å². The largest absolute Gasteiger partial charge is 0.610 e. The lowest BCUT2D eigenvalue weighted by Gasteiger charge is -2.04. The van der Waals surface area contributed by atoms with Crippen molar-refractivity contribution in [3.63, 3.8) is 0 Å². The molecule has 0 bridgehead atoms. The van der Waals surface area contributed by atoms with Gasteiger partial charge in [0.15, 0.2) is 12.1 Å². The molecule has 0 saturated carbocycles. The Kier molecular flexibility index (Phi) is 4.97. The van der Waals surface area contributed by atoms with Crippen LogP contribution in [-0.2, 0) is 11.2 Å². The molecule has 0 aliphatic heterocycles. The third-order valence-electron chi connectivity index (χ3n) is 1.53. The fourth-order valence-electron chi connectivity index (χ4n) is 0.794. The van der Waals surface area contributed by atoms with E-state index in [-0.39, 0.29) is 15.0 Å². The lowest BCUT2D eigenvalue weighted by Crippen LogP contribution is -2.06. The fourth-order valence-corrected chi connectivity index (χ4v) is 2.87. The first kappa shape index (κ1) is 13.2. The molecule has 1 heterocycles. The van der Waals surface area contributed by atoms with Crippen molar-refractivity contribution in [1.82, 2.24) is 4.98 Å². The minimum atomic E-state index is -2.40. The second kappa shape index (κ2) is 6.02. The monoisotopic (exact) mass is 269 g/mol. The van der Waals surface area contributed by atoms with Crippen molar-refractivity contribution in [2.24, 2.45) is 0 Å². The molecular weight excluding hydrogens is 263 g/mol. The number of rotatable bonds is 5. The highest BCUT2D eigenvalue weighted by atomic mass is 32.2. The molecule has 0 amide bonds. The zero-order valence-corrected chi connectivity index (χ0v) is 9.42. The number of hydrogen-bond donors (Lipinski definition) is 0. The van der Waals surface area contributed by atoms with E-state index in [1.165, 1.54) is 6.20 Å². The van der Waals surface area contributed by atoms with E-state index in [4.69, 9.17) is 0 Å². The van der Waals surface area contributed by atoms with Crippen molar-refractivity contribution in [1.29, 1.82) is 0 Å². The van der Waals surface area contributed by atoms with Gasteiger partial charge in [0.1, 0.15) is 5.75 Å². The summed E-state index contributed by atoms with van der Waals surface area (Å²) in [6.45, 7) is 0. The van der Waals surface area contributed by atoms with Gasteiger partial charge in [-0.15, -0.1) is 0 Å². The van der Waals surface area contributed by atoms with Gasteiger partial charge in [-0.2, -0.15) is 13.8 Å². The highest BCUT2D eigenvalue weighted by molar-refractivity contribution is 7.93. The molecule has 1 aromatic rings.